The molecule has 0 bridgehead atoms. The molecule has 2 aromatic rings. The van der Waals surface area contributed by atoms with Crippen LogP contribution < -0.4 is 4.57 Å². The summed E-state index contributed by atoms with van der Waals surface area (Å²) in [4.78, 5) is 0. The molecule has 1 aromatic heterocycles. The molecule has 0 aliphatic carbocycles. The molecule has 0 saturated heterocycles. The quantitative estimate of drug-likeness (QED) is 0.465. The topological polar surface area (TPSA) is 44.3 Å². The molecular weight excluding hydrogens is 214 g/mol. The van der Waals surface area contributed by atoms with Crippen LogP contribution >= 0.6 is 0 Å². The van der Waals surface area contributed by atoms with E-state index in [1.165, 1.54) is 12.1 Å². The van der Waals surface area contributed by atoms with E-state index in [1.807, 2.05) is 29.1 Å². The van der Waals surface area contributed by atoms with Gasteiger partial charge in [0.25, 0.3) is 0 Å². The Hall–Kier alpha value is -2.47. The van der Waals surface area contributed by atoms with Gasteiger partial charge in [0.1, 0.15) is 0 Å². The van der Waals surface area contributed by atoms with Crippen molar-refractivity contribution in [2.24, 2.45) is 0 Å². The highest BCUT2D eigenvalue weighted by Gasteiger charge is 2.04. The number of aromatic hydroxyl groups is 2. The summed E-state index contributed by atoms with van der Waals surface area (Å²) in [5.74, 6) is 2.31. The van der Waals surface area contributed by atoms with Crippen LogP contribution in [0.3, 0.4) is 0 Å². The maximum absolute atomic E-state index is 9.42. The molecule has 0 aliphatic rings. The van der Waals surface area contributed by atoms with Crippen LogP contribution in [0.2, 0.25) is 0 Å². The van der Waals surface area contributed by atoms with Gasteiger partial charge in [-0.05, 0) is 29.2 Å². The lowest BCUT2D eigenvalue weighted by Gasteiger charge is -2.02. The molecule has 0 saturated carbocycles. The molecule has 0 amide bonds. The maximum Gasteiger partial charge on any atom is 0.208 e. The lowest BCUT2D eigenvalue weighted by Crippen LogP contribution is -2.31. The van der Waals surface area contributed by atoms with E-state index >= 15 is 0 Å². The van der Waals surface area contributed by atoms with Gasteiger partial charge < -0.3 is 10.2 Å². The molecule has 84 valence electrons. The molecule has 0 radical (unpaired) electrons. The summed E-state index contributed by atoms with van der Waals surface area (Å²) in [6.07, 6.45) is 8.96. The lowest BCUT2D eigenvalue weighted by atomic mass is 10.1. The summed E-state index contributed by atoms with van der Waals surface area (Å²) in [6, 6.07) is 8.55. The van der Waals surface area contributed by atoms with Gasteiger partial charge in [0.05, 0.1) is 0 Å². The molecular formula is C14H12NO2+. The van der Waals surface area contributed by atoms with Crippen LogP contribution in [0.5, 0.6) is 11.5 Å². The molecule has 0 spiro atoms. The van der Waals surface area contributed by atoms with Crippen molar-refractivity contribution in [3.63, 3.8) is 0 Å². The molecule has 3 nitrogen and oxygen atoms in total. The summed E-state index contributed by atoms with van der Waals surface area (Å²) < 4.78 is 1.88. The van der Waals surface area contributed by atoms with E-state index in [2.05, 4.69) is 5.92 Å². The number of nitrogens with zero attached hydrogens (tertiary/aromatic N) is 1. The Morgan fingerprint density at radius 2 is 1.71 bits per heavy atom. The number of phenolic OH excluding ortho intramolecular Hbond substituents is 2. The number of aromatic nitrogens is 1. The third-order valence-corrected chi connectivity index (χ3v) is 2.47. The highest BCUT2D eigenvalue weighted by atomic mass is 16.3. The SMILES string of the molecule is C#CC[n+]1ccc(-c2ccc(O)c(O)c2)cc1. The second-order valence-electron chi connectivity index (χ2n) is 3.67. The normalized spacial score (nSPS) is 9.82. The van der Waals surface area contributed by atoms with Gasteiger partial charge in [-0.3, -0.25) is 0 Å². The number of rotatable bonds is 2. The first-order valence-corrected chi connectivity index (χ1v) is 5.15. The van der Waals surface area contributed by atoms with Crippen LogP contribution in [-0.2, 0) is 6.54 Å². The highest BCUT2D eigenvalue weighted by Crippen LogP contribution is 2.29. The summed E-state index contributed by atoms with van der Waals surface area (Å²) in [7, 11) is 0. The predicted octanol–water partition coefficient (Wildman–Crippen LogP) is 1.69. The average Bonchev–Trinajstić information content (AvgIpc) is 2.34. The molecule has 0 aliphatic heterocycles. The number of benzene rings is 1. The van der Waals surface area contributed by atoms with E-state index in [0.717, 1.165) is 11.1 Å². The van der Waals surface area contributed by atoms with Gasteiger partial charge in [-0.1, -0.05) is 6.07 Å². The Balaban J connectivity index is 2.33. The van der Waals surface area contributed by atoms with E-state index < -0.39 is 0 Å². The van der Waals surface area contributed by atoms with Gasteiger partial charge in [-0.15, -0.1) is 6.42 Å². The summed E-state index contributed by atoms with van der Waals surface area (Å²) in [6.45, 7) is 0.529. The van der Waals surface area contributed by atoms with E-state index in [1.54, 1.807) is 6.07 Å². The molecule has 3 heteroatoms. The molecule has 17 heavy (non-hydrogen) atoms. The maximum atomic E-state index is 9.42. The van der Waals surface area contributed by atoms with Crippen LogP contribution in [-0.4, -0.2) is 10.2 Å². The second-order valence-corrected chi connectivity index (χ2v) is 3.67. The average molecular weight is 226 g/mol. The first kappa shape index (κ1) is 11.0. The number of terminal acetylenes is 1. The van der Waals surface area contributed by atoms with Crippen LogP contribution in [0.4, 0.5) is 0 Å². The van der Waals surface area contributed by atoms with Crippen molar-refractivity contribution in [1.29, 1.82) is 0 Å². The fraction of sp³-hybridized carbons (Fsp3) is 0.0714. The Morgan fingerprint density at radius 3 is 2.29 bits per heavy atom. The number of pyridine rings is 1. The highest BCUT2D eigenvalue weighted by molar-refractivity contribution is 5.65. The number of phenols is 2. The number of hydrogen-bond acceptors (Lipinski definition) is 2. The Labute approximate surface area is 99.6 Å². The van der Waals surface area contributed by atoms with Crippen LogP contribution in [0.15, 0.2) is 42.7 Å². The third-order valence-electron chi connectivity index (χ3n) is 2.47. The Kier molecular flexibility index (Phi) is 2.97. The smallest absolute Gasteiger partial charge is 0.208 e. The van der Waals surface area contributed by atoms with Gasteiger partial charge in [0, 0.05) is 12.1 Å². The van der Waals surface area contributed by atoms with Crippen molar-refractivity contribution in [2.75, 3.05) is 0 Å². The standard InChI is InChI=1S/C14H11NO2/c1-2-7-15-8-5-11(6-9-15)12-3-4-13(16)14(17)10-12/h1,3-6,8-10,17H,7H2/p+1. The van der Waals surface area contributed by atoms with Gasteiger partial charge in [-0.25, -0.2) is 0 Å². The molecule has 1 aromatic carbocycles. The minimum atomic E-state index is -0.122. The number of hydrogen-bond donors (Lipinski definition) is 2. The fourth-order valence-electron chi connectivity index (χ4n) is 1.56. The van der Waals surface area contributed by atoms with E-state index in [0.29, 0.717) is 6.54 Å². The van der Waals surface area contributed by atoms with Crippen molar-refractivity contribution in [3.05, 3.63) is 42.7 Å². The fourth-order valence-corrected chi connectivity index (χ4v) is 1.56. The monoisotopic (exact) mass is 226 g/mol. The molecule has 0 atom stereocenters. The summed E-state index contributed by atoms with van der Waals surface area (Å²) in [5.41, 5.74) is 1.79. The molecule has 0 fully saturated rings. The Bertz CT molecular complexity index is 568. The molecule has 2 N–H and O–H groups in total. The lowest BCUT2D eigenvalue weighted by molar-refractivity contribution is -0.684. The minimum absolute atomic E-state index is 0.118. The molecule has 2 rings (SSSR count). The van der Waals surface area contributed by atoms with Crippen molar-refractivity contribution in [1.82, 2.24) is 0 Å². The minimum Gasteiger partial charge on any atom is -0.504 e. The van der Waals surface area contributed by atoms with E-state index in [9.17, 15) is 10.2 Å². The van der Waals surface area contributed by atoms with Crippen LogP contribution in [0, 0.1) is 12.3 Å². The first-order chi connectivity index (χ1) is 8.20. The first-order valence-electron chi connectivity index (χ1n) is 5.15. The zero-order chi connectivity index (χ0) is 12.3. The van der Waals surface area contributed by atoms with Crippen molar-refractivity contribution in [2.45, 2.75) is 6.54 Å². The predicted molar refractivity (Wildman–Crippen MR) is 64.2 cm³/mol. The largest absolute Gasteiger partial charge is 0.504 e. The van der Waals surface area contributed by atoms with E-state index in [-0.39, 0.29) is 11.5 Å². The zero-order valence-electron chi connectivity index (χ0n) is 9.17. The van der Waals surface area contributed by atoms with Gasteiger partial charge in [-0.2, -0.15) is 4.57 Å². The van der Waals surface area contributed by atoms with E-state index in [4.69, 9.17) is 6.42 Å². The zero-order valence-corrected chi connectivity index (χ0v) is 9.17. The van der Waals surface area contributed by atoms with Gasteiger partial charge in [0.15, 0.2) is 23.9 Å². The molecule has 0 unspecified atom stereocenters. The van der Waals surface area contributed by atoms with Crippen molar-refractivity contribution >= 4 is 0 Å². The third kappa shape index (κ3) is 2.37. The van der Waals surface area contributed by atoms with Crippen LogP contribution in [0.25, 0.3) is 11.1 Å². The van der Waals surface area contributed by atoms with Gasteiger partial charge in [0.2, 0.25) is 6.54 Å². The van der Waals surface area contributed by atoms with Crippen LogP contribution in [0.1, 0.15) is 0 Å². The summed E-state index contributed by atoms with van der Waals surface area (Å²) in [5, 5.41) is 18.6. The Morgan fingerprint density at radius 1 is 1.00 bits per heavy atom. The summed E-state index contributed by atoms with van der Waals surface area (Å²) >= 11 is 0. The van der Waals surface area contributed by atoms with Crippen molar-refractivity contribution < 1.29 is 14.8 Å². The second kappa shape index (κ2) is 4.58. The van der Waals surface area contributed by atoms with Gasteiger partial charge >= 0.3 is 0 Å². The van der Waals surface area contributed by atoms with Crippen molar-refractivity contribution in [3.8, 4) is 35.0 Å². The molecule has 1 heterocycles.